The number of nitrogens with one attached hydrogen (secondary N) is 1. The second-order valence-corrected chi connectivity index (χ2v) is 7.80. The van der Waals surface area contributed by atoms with E-state index < -0.39 is 11.6 Å². The lowest BCUT2D eigenvalue weighted by molar-refractivity contribution is -0.131. The van der Waals surface area contributed by atoms with Gasteiger partial charge in [0.25, 0.3) is 5.91 Å². The number of ether oxygens (including phenoxy) is 1. The molecule has 2 aliphatic rings. The van der Waals surface area contributed by atoms with Gasteiger partial charge in [-0.1, -0.05) is 78.9 Å². The van der Waals surface area contributed by atoms with E-state index in [0.29, 0.717) is 19.7 Å². The van der Waals surface area contributed by atoms with Gasteiger partial charge in [0.1, 0.15) is 12.4 Å². The predicted octanol–water partition coefficient (Wildman–Crippen LogP) is 3.33. The van der Waals surface area contributed by atoms with Crippen LogP contribution in [-0.2, 0) is 16.9 Å². The van der Waals surface area contributed by atoms with E-state index in [0.717, 1.165) is 22.4 Å². The predicted molar refractivity (Wildman–Crippen MR) is 116 cm³/mol. The maximum atomic E-state index is 13.8. The monoisotopic (exact) mass is 413 g/mol. The number of fused-ring (bicyclic) bond motifs is 1. The highest BCUT2D eigenvalue weighted by Crippen LogP contribution is 2.36. The number of benzene rings is 3. The first-order valence-electron chi connectivity index (χ1n) is 10.4. The third-order valence-corrected chi connectivity index (χ3v) is 5.89. The van der Waals surface area contributed by atoms with Crippen molar-refractivity contribution >= 4 is 11.9 Å². The summed E-state index contributed by atoms with van der Waals surface area (Å²) >= 11 is 0. The number of rotatable bonds is 4. The highest BCUT2D eigenvalue weighted by molar-refractivity contribution is 6.09. The number of hydrogen-bond donors (Lipinski definition) is 1. The molecular weight excluding hydrogens is 390 g/mol. The van der Waals surface area contributed by atoms with Crippen molar-refractivity contribution in [3.05, 3.63) is 102 Å². The highest BCUT2D eigenvalue weighted by atomic mass is 16.5. The summed E-state index contributed by atoms with van der Waals surface area (Å²) in [4.78, 5) is 30.3. The Labute approximate surface area is 181 Å². The van der Waals surface area contributed by atoms with E-state index >= 15 is 0 Å². The van der Waals surface area contributed by atoms with Gasteiger partial charge in [-0.15, -0.1) is 0 Å². The van der Waals surface area contributed by atoms with Gasteiger partial charge in [0, 0.05) is 18.7 Å². The SMILES string of the molecule is O=C1NC(c2ccccc2)(c2ccccc2)C(=O)N1CN1CCOc2ccccc2C1. The molecule has 0 atom stereocenters. The molecule has 1 N–H and O–H groups in total. The van der Waals surface area contributed by atoms with Crippen molar-refractivity contribution in [3.63, 3.8) is 0 Å². The van der Waals surface area contributed by atoms with Crippen LogP contribution in [0.1, 0.15) is 16.7 Å². The molecule has 0 spiro atoms. The normalized spacial score (nSPS) is 18.1. The third kappa shape index (κ3) is 3.35. The van der Waals surface area contributed by atoms with E-state index in [1.54, 1.807) is 0 Å². The molecule has 0 radical (unpaired) electrons. The van der Waals surface area contributed by atoms with Crippen molar-refractivity contribution < 1.29 is 14.3 Å². The highest BCUT2D eigenvalue weighted by Gasteiger charge is 2.53. The summed E-state index contributed by atoms with van der Waals surface area (Å²) in [7, 11) is 0. The zero-order valence-corrected chi connectivity index (χ0v) is 17.0. The molecular formula is C25H23N3O3. The van der Waals surface area contributed by atoms with Crippen LogP contribution in [0.4, 0.5) is 4.79 Å². The number of imide groups is 1. The topological polar surface area (TPSA) is 61.9 Å². The van der Waals surface area contributed by atoms with Gasteiger partial charge >= 0.3 is 6.03 Å². The standard InChI is InChI=1S/C25H23N3O3/c29-23-25(20-10-3-1-4-11-20,21-12-5-2-6-13-21)26-24(30)28(23)18-27-15-16-31-22-14-8-7-9-19(22)17-27/h1-14H,15-18H2,(H,26,30). The number of urea groups is 1. The summed E-state index contributed by atoms with van der Waals surface area (Å²) < 4.78 is 5.83. The Bertz CT molecular complexity index is 1060. The van der Waals surface area contributed by atoms with Gasteiger partial charge in [-0.3, -0.25) is 9.69 Å². The Balaban J connectivity index is 1.48. The summed E-state index contributed by atoms with van der Waals surface area (Å²) in [6.45, 7) is 1.93. The molecule has 5 rings (SSSR count). The summed E-state index contributed by atoms with van der Waals surface area (Å²) in [6.07, 6.45) is 0. The van der Waals surface area contributed by atoms with Gasteiger partial charge in [-0.25, -0.2) is 9.69 Å². The van der Waals surface area contributed by atoms with Gasteiger partial charge in [-0.05, 0) is 17.2 Å². The van der Waals surface area contributed by atoms with Gasteiger partial charge in [0.15, 0.2) is 5.54 Å². The summed E-state index contributed by atoms with van der Waals surface area (Å²) in [5.41, 5.74) is 1.29. The fraction of sp³-hybridized carbons (Fsp3) is 0.200. The van der Waals surface area contributed by atoms with Crippen LogP contribution in [-0.4, -0.2) is 41.6 Å². The van der Waals surface area contributed by atoms with Gasteiger partial charge < -0.3 is 10.1 Å². The van der Waals surface area contributed by atoms with Crippen LogP contribution in [0.3, 0.4) is 0 Å². The van der Waals surface area contributed by atoms with E-state index in [2.05, 4.69) is 10.2 Å². The second-order valence-electron chi connectivity index (χ2n) is 7.80. The fourth-order valence-electron chi connectivity index (χ4n) is 4.34. The van der Waals surface area contributed by atoms with Crippen LogP contribution < -0.4 is 10.1 Å². The molecule has 156 valence electrons. The Kier molecular flexibility index (Phi) is 4.92. The third-order valence-electron chi connectivity index (χ3n) is 5.89. The molecule has 0 aromatic heterocycles. The van der Waals surface area contributed by atoms with Crippen molar-refractivity contribution in [2.45, 2.75) is 12.1 Å². The Morgan fingerprint density at radius 3 is 2.13 bits per heavy atom. The van der Waals surface area contributed by atoms with Crippen molar-refractivity contribution in [3.8, 4) is 5.75 Å². The molecule has 3 aromatic carbocycles. The van der Waals surface area contributed by atoms with Gasteiger partial charge in [-0.2, -0.15) is 0 Å². The van der Waals surface area contributed by atoms with Crippen molar-refractivity contribution in [2.75, 3.05) is 19.8 Å². The lowest BCUT2D eigenvalue weighted by Crippen LogP contribution is -2.46. The van der Waals surface area contributed by atoms with Crippen LogP contribution in [0.5, 0.6) is 5.75 Å². The quantitative estimate of drug-likeness (QED) is 0.667. The first-order valence-corrected chi connectivity index (χ1v) is 10.4. The molecule has 3 amide bonds. The van der Waals surface area contributed by atoms with E-state index in [-0.39, 0.29) is 12.6 Å². The maximum Gasteiger partial charge on any atom is 0.326 e. The molecule has 6 nitrogen and oxygen atoms in total. The van der Waals surface area contributed by atoms with E-state index in [4.69, 9.17) is 4.74 Å². The van der Waals surface area contributed by atoms with Crippen LogP contribution in [0.25, 0.3) is 0 Å². The number of carbonyl (C=O) groups is 2. The van der Waals surface area contributed by atoms with E-state index in [1.807, 2.05) is 84.9 Å². The molecule has 2 aliphatic heterocycles. The minimum absolute atomic E-state index is 0.198. The van der Waals surface area contributed by atoms with Gasteiger partial charge in [0.2, 0.25) is 0 Å². The molecule has 0 unspecified atom stereocenters. The second kappa shape index (κ2) is 7.89. The summed E-state index contributed by atoms with van der Waals surface area (Å²) in [5, 5.41) is 3.00. The molecule has 3 aromatic rings. The minimum Gasteiger partial charge on any atom is -0.492 e. The first-order chi connectivity index (χ1) is 15.2. The van der Waals surface area contributed by atoms with Gasteiger partial charge in [0.05, 0.1) is 6.67 Å². The number of hydrogen-bond acceptors (Lipinski definition) is 4. The maximum absolute atomic E-state index is 13.8. The largest absolute Gasteiger partial charge is 0.492 e. The van der Waals surface area contributed by atoms with Crippen LogP contribution in [0.2, 0.25) is 0 Å². The number of amides is 3. The lowest BCUT2D eigenvalue weighted by atomic mass is 9.83. The summed E-state index contributed by atoms with van der Waals surface area (Å²) in [5.74, 6) is 0.582. The Morgan fingerprint density at radius 2 is 1.45 bits per heavy atom. The van der Waals surface area contributed by atoms with E-state index in [9.17, 15) is 9.59 Å². The number of carbonyl (C=O) groups excluding carboxylic acids is 2. The molecule has 2 heterocycles. The van der Waals surface area contributed by atoms with Crippen molar-refractivity contribution in [1.82, 2.24) is 15.1 Å². The molecule has 1 fully saturated rings. The molecule has 1 saturated heterocycles. The molecule has 0 bridgehead atoms. The first kappa shape index (κ1) is 19.3. The summed E-state index contributed by atoms with van der Waals surface area (Å²) in [6, 6.07) is 26.3. The van der Waals surface area contributed by atoms with E-state index in [1.165, 1.54) is 4.90 Å². The zero-order chi connectivity index (χ0) is 21.3. The average molecular weight is 413 g/mol. The minimum atomic E-state index is -1.24. The van der Waals surface area contributed by atoms with Crippen molar-refractivity contribution in [1.29, 1.82) is 0 Å². The molecule has 31 heavy (non-hydrogen) atoms. The van der Waals surface area contributed by atoms with Crippen LogP contribution in [0.15, 0.2) is 84.9 Å². The zero-order valence-electron chi connectivity index (χ0n) is 17.0. The van der Waals surface area contributed by atoms with Crippen LogP contribution in [0, 0.1) is 0 Å². The molecule has 0 aliphatic carbocycles. The number of para-hydroxylation sites is 1. The van der Waals surface area contributed by atoms with Crippen LogP contribution >= 0.6 is 0 Å². The lowest BCUT2D eigenvalue weighted by Gasteiger charge is -2.29. The molecule has 0 saturated carbocycles. The molecule has 6 heteroatoms. The number of nitrogens with zero attached hydrogens (tertiary/aromatic N) is 2. The average Bonchev–Trinajstić information content (AvgIpc) is 2.95. The Hall–Kier alpha value is -3.64. The fourth-order valence-corrected chi connectivity index (χ4v) is 4.34. The smallest absolute Gasteiger partial charge is 0.326 e. The van der Waals surface area contributed by atoms with Crippen molar-refractivity contribution in [2.24, 2.45) is 0 Å². The Morgan fingerprint density at radius 1 is 0.839 bits per heavy atom.